The van der Waals surface area contributed by atoms with Crippen LogP contribution in [0.5, 0.6) is 0 Å². The van der Waals surface area contributed by atoms with Crippen LogP contribution in [0.4, 0.5) is 0 Å². The molecule has 0 fully saturated rings. The molecule has 2 aromatic carbocycles. The summed E-state index contributed by atoms with van der Waals surface area (Å²) in [6.07, 6.45) is 0. The fraction of sp³-hybridized carbons (Fsp3) is 0.333. The van der Waals surface area contributed by atoms with Gasteiger partial charge in [-0.3, -0.25) is 0 Å². The topological polar surface area (TPSA) is 57.4 Å². The van der Waals surface area contributed by atoms with E-state index in [1.54, 1.807) is 11.3 Å². The second kappa shape index (κ2) is 6.67. The van der Waals surface area contributed by atoms with E-state index >= 15 is 0 Å². The molecular weight excluding hydrogens is 344 g/mol. The minimum Gasteiger partial charge on any atom is -0.394 e. The van der Waals surface area contributed by atoms with E-state index in [9.17, 15) is 10.2 Å². The number of nitrogens with one attached hydrogen (secondary N) is 1. The summed E-state index contributed by atoms with van der Waals surface area (Å²) in [5.41, 5.74) is 3.07. The van der Waals surface area contributed by atoms with E-state index < -0.39 is 5.54 Å². The van der Waals surface area contributed by atoms with Gasteiger partial charge >= 0.3 is 0 Å². The first kappa shape index (κ1) is 17.5. The maximum atomic E-state index is 9.56. The number of para-hydroxylation sites is 1. The van der Waals surface area contributed by atoms with Crippen molar-refractivity contribution in [3.63, 3.8) is 0 Å². The summed E-state index contributed by atoms with van der Waals surface area (Å²) < 4.78 is 3.66. The highest BCUT2D eigenvalue weighted by molar-refractivity contribution is 7.17. The average Bonchev–Trinajstić information content (AvgIpc) is 3.28. The summed E-state index contributed by atoms with van der Waals surface area (Å²) in [6.45, 7) is 5.35. The lowest BCUT2D eigenvalue weighted by Crippen LogP contribution is -2.48. The Morgan fingerprint density at radius 2 is 1.85 bits per heavy atom. The quantitative estimate of drug-likeness (QED) is 0.484. The minimum atomic E-state index is -0.685. The van der Waals surface area contributed by atoms with Gasteiger partial charge in [0.25, 0.3) is 0 Å². The zero-order valence-corrected chi connectivity index (χ0v) is 15.9. The molecule has 0 spiro atoms. The van der Waals surface area contributed by atoms with Gasteiger partial charge < -0.3 is 20.1 Å². The van der Waals surface area contributed by atoms with Crippen LogP contribution >= 0.6 is 11.3 Å². The molecule has 5 heteroatoms. The van der Waals surface area contributed by atoms with Crippen LogP contribution in [-0.2, 0) is 13.1 Å². The Bertz CT molecular complexity index is 1080. The number of hydrogen-bond acceptors (Lipinski definition) is 4. The van der Waals surface area contributed by atoms with Gasteiger partial charge in [0.15, 0.2) is 0 Å². The van der Waals surface area contributed by atoms with Crippen LogP contribution in [0.3, 0.4) is 0 Å². The number of nitrogens with zero attached hydrogens (tertiary/aromatic N) is 1. The highest BCUT2D eigenvalue weighted by Gasteiger charge is 2.22. The molecule has 0 aliphatic heterocycles. The fourth-order valence-electron chi connectivity index (χ4n) is 3.68. The number of aryl methyl sites for hydroxylation is 1. The Morgan fingerprint density at radius 3 is 2.58 bits per heavy atom. The molecule has 0 unspecified atom stereocenters. The third-order valence-corrected chi connectivity index (χ3v) is 6.25. The lowest BCUT2D eigenvalue weighted by molar-refractivity contribution is 0.103. The fourth-order valence-corrected chi connectivity index (χ4v) is 4.60. The van der Waals surface area contributed by atoms with Crippen molar-refractivity contribution in [3.8, 4) is 0 Å². The molecule has 0 saturated carbocycles. The van der Waals surface area contributed by atoms with Gasteiger partial charge in [-0.15, -0.1) is 11.3 Å². The number of aliphatic hydroxyl groups is 2. The van der Waals surface area contributed by atoms with Crippen molar-refractivity contribution in [3.05, 3.63) is 47.3 Å². The molecule has 4 aromatic rings. The normalized spacial score (nSPS) is 12.6. The summed E-state index contributed by atoms with van der Waals surface area (Å²) in [6, 6.07) is 13.0. The van der Waals surface area contributed by atoms with Crippen LogP contribution in [0.25, 0.3) is 31.9 Å². The number of thiophene rings is 1. The zero-order chi connectivity index (χ0) is 18.3. The molecule has 0 bridgehead atoms. The molecule has 0 saturated heterocycles. The van der Waals surface area contributed by atoms with Crippen molar-refractivity contribution in [1.29, 1.82) is 0 Å². The monoisotopic (exact) mass is 368 g/mol. The molecule has 136 valence electrons. The molecule has 0 amide bonds. The highest BCUT2D eigenvalue weighted by atomic mass is 32.1. The third kappa shape index (κ3) is 2.63. The maximum Gasteiger partial charge on any atom is 0.0633 e. The zero-order valence-electron chi connectivity index (χ0n) is 15.1. The molecule has 0 atom stereocenters. The van der Waals surface area contributed by atoms with Gasteiger partial charge in [0.1, 0.15) is 0 Å². The van der Waals surface area contributed by atoms with Crippen LogP contribution in [-0.4, -0.2) is 33.5 Å². The molecule has 0 aliphatic carbocycles. The first-order valence-electron chi connectivity index (χ1n) is 8.98. The Balaban J connectivity index is 1.94. The van der Waals surface area contributed by atoms with Crippen LogP contribution in [0, 0.1) is 0 Å². The van der Waals surface area contributed by atoms with E-state index in [1.807, 2.05) is 6.92 Å². The Labute approximate surface area is 156 Å². The van der Waals surface area contributed by atoms with E-state index in [-0.39, 0.29) is 13.2 Å². The highest BCUT2D eigenvalue weighted by Crippen LogP contribution is 2.38. The standard InChI is InChI=1S/C21H24N2O2S/c1-3-23-18-7-5-4-6-15(18)17-10-14(11-22-21(2,12-24)13-25)20-16(19(17)23)8-9-26-20/h4-10,22,24-25H,3,11-13H2,1-2H3. The molecule has 26 heavy (non-hydrogen) atoms. The summed E-state index contributed by atoms with van der Waals surface area (Å²) in [7, 11) is 0. The van der Waals surface area contributed by atoms with Crippen LogP contribution in [0.2, 0.25) is 0 Å². The summed E-state index contributed by atoms with van der Waals surface area (Å²) >= 11 is 1.75. The van der Waals surface area contributed by atoms with E-state index in [0.29, 0.717) is 6.54 Å². The molecule has 2 heterocycles. The lowest BCUT2D eigenvalue weighted by atomic mass is 10.0. The maximum absolute atomic E-state index is 9.56. The number of benzene rings is 2. The second-order valence-electron chi connectivity index (χ2n) is 7.09. The number of aliphatic hydroxyl groups excluding tert-OH is 2. The Kier molecular flexibility index (Phi) is 4.49. The first-order valence-corrected chi connectivity index (χ1v) is 9.86. The third-order valence-electron chi connectivity index (χ3n) is 5.26. The van der Waals surface area contributed by atoms with Gasteiger partial charge in [0, 0.05) is 39.5 Å². The van der Waals surface area contributed by atoms with Crippen molar-refractivity contribution in [1.82, 2.24) is 9.88 Å². The molecule has 3 N–H and O–H groups in total. The van der Waals surface area contributed by atoms with Crippen molar-refractivity contribution in [2.24, 2.45) is 0 Å². The number of hydrogen-bond donors (Lipinski definition) is 3. The van der Waals surface area contributed by atoms with Crippen molar-refractivity contribution < 1.29 is 10.2 Å². The van der Waals surface area contributed by atoms with Gasteiger partial charge in [0.05, 0.1) is 24.3 Å². The van der Waals surface area contributed by atoms with Crippen molar-refractivity contribution in [2.75, 3.05) is 13.2 Å². The Morgan fingerprint density at radius 1 is 1.08 bits per heavy atom. The van der Waals surface area contributed by atoms with Gasteiger partial charge in [-0.25, -0.2) is 0 Å². The van der Waals surface area contributed by atoms with Gasteiger partial charge in [-0.2, -0.15) is 0 Å². The van der Waals surface area contributed by atoms with E-state index in [0.717, 1.165) is 6.54 Å². The second-order valence-corrected chi connectivity index (χ2v) is 8.00. The summed E-state index contributed by atoms with van der Waals surface area (Å²) in [5.74, 6) is 0. The van der Waals surface area contributed by atoms with E-state index in [4.69, 9.17) is 0 Å². The van der Waals surface area contributed by atoms with E-state index in [1.165, 1.54) is 37.5 Å². The number of aromatic nitrogens is 1. The molecule has 0 radical (unpaired) electrons. The molecule has 4 rings (SSSR count). The van der Waals surface area contributed by atoms with Crippen molar-refractivity contribution in [2.45, 2.75) is 32.5 Å². The average molecular weight is 369 g/mol. The van der Waals surface area contributed by atoms with Gasteiger partial charge in [-0.05, 0) is 43.0 Å². The minimum absolute atomic E-state index is 0.103. The van der Waals surface area contributed by atoms with Gasteiger partial charge in [-0.1, -0.05) is 18.2 Å². The van der Waals surface area contributed by atoms with Crippen LogP contribution < -0.4 is 5.32 Å². The van der Waals surface area contributed by atoms with Crippen LogP contribution in [0.1, 0.15) is 19.4 Å². The predicted molar refractivity (Wildman–Crippen MR) is 110 cm³/mol. The molecular formula is C21H24N2O2S. The SMILES string of the molecule is CCn1c2ccccc2c2cc(CNC(C)(CO)CO)c3sccc3c21. The van der Waals surface area contributed by atoms with E-state index in [2.05, 4.69) is 58.6 Å². The lowest BCUT2D eigenvalue weighted by Gasteiger charge is -2.26. The molecule has 2 aromatic heterocycles. The largest absolute Gasteiger partial charge is 0.394 e. The number of fused-ring (bicyclic) bond motifs is 5. The predicted octanol–water partition coefficient (Wildman–Crippen LogP) is 3.86. The van der Waals surface area contributed by atoms with Crippen LogP contribution in [0.15, 0.2) is 41.8 Å². The Hall–Kier alpha value is -1.92. The smallest absolute Gasteiger partial charge is 0.0633 e. The first-order chi connectivity index (χ1) is 12.6. The number of rotatable bonds is 6. The van der Waals surface area contributed by atoms with Crippen molar-refractivity contribution >= 4 is 43.2 Å². The molecule has 4 nitrogen and oxygen atoms in total. The van der Waals surface area contributed by atoms with Gasteiger partial charge in [0.2, 0.25) is 0 Å². The molecule has 0 aliphatic rings. The summed E-state index contributed by atoms with van der Waals surface area (Å²) in [5, 5.41) is 28.4. The summed E-state index contributed by atoms with van der Waals surface area (Å²) in [4.78, 5) is 0.